The summed E-state index contributed by atoms with van der Waals surface area (Å²) in [6.07, 6.45) is 1.27. The van der Waals surface area contributed by atoms with Gasteiger partial charge in [0.15, 0.2) is 0 Å². The van der Waals surface area contributed by atoms with E-state index in [1.54, 1.807) is 0 Å². The van der Waals surface area contributed by atoms with Gasteiger partial charge in [-0.2, -0.15) is 0 Å². The standard InChI is InChI=1S/C11H20O/c1-6-10(5)11(12-7-2)8-9(3)4/h9,11H,1,7-8H2,2-5H3. The minimum Gasteiger partial charge on any atom is -0.374 e. The molecule has 1 unspecified atom stereocenters. The van der Waals surface area contributed by atoms with E-state index in [0.717, 1.165) is 18.6 Å². The van der Waals surface area contributed by atoms with Crippen LogP contribution in [0.5, 0.6) is 0 Å². The minimum atomic E-state index is 0.215. The number of ether oxygens (including phenoxy) is 1. The van der Waals surface area contributed by atoms with Gasteiger partial charge in [-0.15, -0.1) is 5.73 Å². The average Bonchev–Trinajstić information content (AvgIpc) is 2.01. The maximum atomic E-state index is 5.57. The van der Waals surface area contributed by atoms with Crippen molar-refractivity contribution in [2.24, 2.45) is 5.92 Å². The molecule has 0 aromatic carbocycles. The van der Waals surface area contributed by atoms with Gasteiger partial charge in [0, 0.05) is 6.61 Å². The normalized spacial score (nSPS) is 12.8. The summed E-state index contributed by atoms with van der Waals surface area (Å²) in [5, 5.41) is 0. The summed E-state index contributed by atoms with van der Waals surface area (Å²) in [7, 11) is 0. The van der Waals surface area contributed by atoms with Crippen LogP contribution in [-0.2, 0) is 4.74 Å². The second kappa shape index (κ2) is 6.05. The van der Waals surface area contributed by atoms with Crippen molar-refractivity contribution in [3.63, 3.8) is 0 Å². The maximum absolute atomic E-state index is 5.57. The second-order valence-electron chi connectivity index (χ2n) is 3.43. The van der Waals surface area contributed by atoms with Crippen LogP contribution in [-0.4, -0.2) is 12.7 Å². The van der Waals surface area contributed by atoms with Crippen LogP contribution in [0.25, 0.3) is 0 Å². The van der Waals surface area contributed by atoms with Gasteiger partial charge in [0.05, 0.1) is 6.10 Å². The van der Waals surface area contributed by atoms with E-state index in [4.69, 9.17) is 4.74 Å². The van der Waals surface area contributed by atoms with Crippen LogP contribution in [0.2, 0.25) is 0 Å². The minimum absolute atomic E-state index is 0.215. The zero-order valence-electron chi connectivity index (χ0n) is 8.68. The van der Waals surface area contributed by atoms with E-state index in [1.807, 2.05) is 13.8 Å². The Balaban J connectivity index is 4.13. The second-order valence-corrected chi connectivity index (χ2v) is 3.43. The van der Waals surface area contributed by atoms with Gasteiger partial charge in [-0.1, -0.05) is 20.4 Å². The molecular formula is C11H20O. The summed E-state index contributed by atoms with van der Waals surface area (Å²) in [5.74, 6) is 0.657. The van der Waals surface area contributed by atoms with Crippen LogP contribution in [0.1, 0.15) is 34.1 Å². The maximum Gasteiger partial charge on any atom is 0.0857 e. The fourth-order valence-corrected chi connectivity index (χ4v) is 1.11. The number of hydrogen-bond acceptors (Lipinski definition) is 1. The van der Waals surface area contributed by atoms with E-state index in [0.29, 0.717) is 5.92 Å². The molecular weight excluding hydrogens is 148 g/mol. The van der Waals surface area contributed by atoms with Crippen LogP contribution in [0.3, 0.4) is 0 Å². The molecule has 1 nitrogen and oxygen atoms in total. The Kier molecular flexibility index (Phi) is 5.79. The monoisotopic (exact) mass is 168 g/mol. The van der Waals surface area contributed by atoms with Crippen molar-refractivity contribution in [2.75, 3.05) is 6.61 Å². The van der Waals surface area contributed by atoms with E-state index in [9.17, 15) is 0 Å². The molecule has 0 saturated heterocycles. The van der Waals surface area contributed by atoms with Gasteiger partial charge in [0.1, 0.15) is 0 Å². The van der Waals surface area contributed by atoms with E-state index >= 15 is 0 Å². The molecule has 0 amide bonds. The summed E-state index contributed by atoms with van der Waals surface area (Å²) in [4.78, 5) is 0. The van der Waals surface area contributed by atoms with Crippen molar-refractivity contribution in [1.29, 1.82) is 0 Å². The third kappa shape index (κ3) is 4.38. The third-order valence-electron chi connectivity index (χ3n) is 1.82. The molecule has 0 N–H and O–H groups in total. The van der Waals surface area contributed by atoms with Crippen molar-refractivity contribution < 1.29 is 4.74 Å². The molecule has 0 fully saturated rings. The lowest BCUT2D eigenvalue weighted by Gasteiger charge is -2.18. The molecule has 0 aromatic rings. The molecule has 0 rings (SSSR count). The molecule has 0 radical (unpaired) electrons. The zero-order valence-corrected chi connectivity index (χ0v) is 8.68. The molecule has 70 valence electrons. The van der Waals surface area contributed by atoms with E-state index in [2.05, 4.69) is 26.2 Å². The third-order valence-corrected chi connectivity index (χ3v) is 1.82. The first-order valence-electron chi connectivity index (χ1n) is 4.59. The fraction of sp³-hybridized carbons (Fsp3) is 0.727. The van der Waals surface area contributed by atoms with E-state index in [1.165, 1.54) is 0 Å². The van der Waals surface area contributed by atoms with Gasteiger partial charge in [-0.3, -0.25) is 0 Å². The Morgan fingerprint density at radius 2 is 2.08 bits per heavy atom. The van der Waals surface area contributed by atoms with Crippen molar-refractivity contribution >= 4 is 0 Å². The van der Waals surface area contributed by atoms with Crippen molar-refractivity contribution in [3.8, 4) is 0 Å². The lowest BCUT2D eigenvalue weighted by molar-refractivity contribution is 0.0734. The van der Waals surface area contributed by atoms with Crippen molar-refractivity contribution in [1.82, 2.24) is 0 Å². The van der Waals surface area contributed by atoms with Gasteiger partial charge in [0.25, 0.3) is 0 Å². The summed E-state index contributed by atoms with van der Waals surface area (Å²) < 4.78 is 5.57. The summed E-state index contributed by atoms with van der Waals surface area (Å²) >= 11 is 0. The van der Waals surface area contributed by atoms with Gasteiger partial charge in [-0.05, 0) is 31.8 Å². The lowest BCUT2D eigenvalue weighted by atomic mass is 10.0. The topological polar surface area (TPSA) is 9.23 Å². The SMILES string of the molecule is C=C=C(C)C(CC(C)C)OCC. The van der Waals surface area contributed by atoms with Crippen LogP contribution in [0.15, 0.2) is 17.9 Å². The van der Waals surface area contributed by atoms with Crippen LogP contribution in [0.4, 0.5) is 0 Å². The first-order valence-corrected chi connectivity index (χ1v) is 4.59. The number of hydrogen-bond donors (Lipinski definition) is 0. The van der Waals surface area contributed by atoms with Crippen LogP contribution < -0.4 is 0 Å². The zero-order chi connectivity index (χ0) is 9.56. The highest BCUT2D eigenvalue weighted by atomic mass is 16.5. The molecule has 0 spiro atoms. The van der Waals surface area contributed by atoms with Gasteiger partial charge >= 0.3 is 0 Å². The highest BCUT2D eigenvalue weighted by Gasteiger charge is 2.11. The van der Waals surface area contributed by atoms with Crippen molar-refractivity contribution in [2.45, 2.75) is 40.2 Å². The van der Waals surface area contributed by atoms with Gasteiger partial charge in [-0.25, -0.2) is 0 Å². The largest absolute Gasteiger partial charge is 0.374 e. The summed E-state index contributed by atoms with van der Waals surface area (Å²) in [6, 6.07) is 0. The molecule has 0 aromatic heterocycles. The first kappa shape index (κ1) is 11.5. The summed E-state index contributed by atoms with van der Waals surface area (Å²) in [5.41, 5.74) is 4.01. The first-order chi connectivity index (χ1) is 5.61. The molecule has 0 heterocycles. The Morgan fingerprint density at radius 1 is 1.50 bits per heavy atom. The van der Waals surface area contributed by atoms with Crippen LogP contribution >= 0.6 is 0 Å². The van der Waals surface area contributed by atoms with Crippen molar-refractivity contribution in [3.05, 3.63) is 17.9 Å². The Hall–Kier alpha value is -0.520. The Morgan fingerprint density at radius 3 is 2.42 bits per heavy atom. The highest BCUT2D eigenvalue weighted by molar-refractivity contribution is 5.02. The number of rotatable bonds is 5. The van der Waals surface area contributed by atoms with Gasteiger partial charge < -0.3 is 4.74 Å². The molecule has 12 heavy (non-hydrogen) atoms. The average molecular weight is 168 g/mol. The quantitative estimate of drug-likeness (QED) is 0.573. The summed E-state index contributed by atoms with van der Waals surface area (Å²) in [6.45, 7) is 12.8. The molecule has 0 aliphatic rings. The van der Waals surface area contributed by atoms with Crippen LogP contribution in [0, 0.1) is 5.92 Å². The fourth-order valence-electron chi connectivity index (χ4n) is 1.11. The molecule has 0 aliphatic carbocycles. The predicted molar refractivity (Wildman–Crippen MR) is 53.2 cm³/mol. The Bertz CT molecular complexity index is 164. The van der Waals surface area contributed by atoms with E-state index < -0.39 is 0 Å². The molecule has 0 saturated carbocycles. The Labute approximate surface area is 76.1 Å². The molecule has 1 atom stereocenters. The lowest BCUT2D eigenvalue weighted by Crippen LogP contribution is -2.16. The predicted octanol–water partition coefficient (Wildman–Crippen LogP) is 3.17. The van der Waals surface area contributed by atoms with Gasteiger partial charge in [0.2, 0.25) is 0 Å². The highest BCUT2D eigenvalue weighted by Crippen LogP contribution is 2.14. The van der Waals surface area contributed by atoms with E-state index in [-0.39, 0.29) is 6.10 Å². The molecule has 1 heteroatoms. The smallest absolute Gasteiger partial charge is 0.0857 e. The molecule has 0 aliphatic heterocycles. The molecule has 0 bridgehead atoms.